The molecule has 4 rings (SSSR count). The molecule has 0 aliphatic heterocycles. The molecule has 10 nitrogen and oxygen atoms in total. The number of nitrogens with one attached hydrogen (secondary N) is 5. The SMILES string of the molecule is CC(=O)NCCNc1nc(-c2ccccc2)nc(NCCNC(=O)CCc2nc3ccccc3[nH]2)c1C. The Bertz CT molecular complexity index is 1320. The fourth-order valence-corrected chi connectivity index (χ4v) is 3.82. The summed E-state index contributed by atoms with van der Waals surface area (Å²) in [4.78, 5) is 40.7. The molecular formula is C27H32N8O2. The van der Waals surface area contributed by atoms with Crippen LogP contribution in [0.4, 0.5) is 11.6 Å². The molecule has 0 bridgehead atoms. The van der Waals surface area contributed by atoms with Gasteiger partial charge < -0.3 is 26.3 Å². The number of hydrogen-bond donors (Lipinski definition) is 5. The van der Waals surface area contributed by atoms with E-state index in [1.807, 2.05) is 61.5 Å². The lowest BCUT2D eigenvalue weighted by atomic mass is 10.2. The molecule has 37 heavy (non-hydrogen) atoms. The van der Waals surface area contributed by atoms with Gasteiger partial charge in [-0.05, 0) is 19.1 Å². The Morgan fingerprint density at radius 3 is 2.14 bits per heavy atom. The van der Waals surface area contributed by atoms with Gasteiger partial charge >= 0.3 is 0 Å². The summed E-state index contributed by atoms with van der Waals surface area (Å²) < 4.78 is 0. The van der Waals surface area contributed by atoms with Crippen LogP contribution in [0.15, 0.2) is 54.6 Å². The van der Waals surface area contributed by atoms with Gasteiger partial charge in [-0.1, -0.05) is 42.5 Å². The Morgan fingerprint density at radius 1 is 0.811 bits per heavy atom. The van der Waals surface area contributed by atoms with Gasteiger partial charge in [-0.15, -0.1) is 0 Å². The van der Waals surface area contributed by atoms with E-state index in [0.717, 1.165) is 28.0 Å². The lowest BCUT2D eigenvalue weighted by Crippen LogP contribution is -2.29. The quantitative estimate of drug-likeness (QED) is 0.189. The summed E-state index contributed by atoms with van der Waals surface area (Å²) in [6.45, 7) is 5.41. The summed E-state index contributed by atoms with van der Waals surface area (Å²) in [7, 11) is 0. The van der Waals surface area contributed by atoms with Crippen LogP contribution >= 0.6 is 0 Å². The summed E-state index contributed by atoms with van der Waals surface area (Å²) >= 11 is 0. The van der Waals surface area contributed by atoms with E-state index in [-0.39, 0.29) is 11.8 Å². The Kier molecular flexibility index (Phi) is 8.64. The molecule has 2 aromatic carbocycles. The van der Waals surface area contributed by atoms with Crippen molar-refractivity contribution in [1.29, 1.82) is 0 Å². The zero-order valence-electron chi connectivity index (χ0n) is 21.1. The highest BCUT2D eigenvalue weighted by atomic mass is 16.2. The van der Waals surface area contributed by atoms with E-state index in [1.54, 1.807) is 0 Å². The predicted molar refractivity (Wildman–Crippen MR) is 145 cm³/mol. The van der Waals surface area contributed by atoms with E-state index >= 15 is 0 Å². The molecule has 0 saturated heterocycles. The molecule has 192 valence electrons. The molecule has 0 spiro atoms. The minimum absolute atomic E-state index is 0.0352. The number of para-hydroxylation sites is 2. The summed E-state index contributed by atoms with van der Waals surface area (Å²) in [6, 6.07) is 17.6. The summed E-state index contributed by atoms with van der Waals surface area (Å²) in [5.41, 5.74) is 3.63. The van der Waals surface area contributed by atoms with Crippen molar-refractivity contribution in [3.63, 3.8) is 0 Å². The van der Waals surface area contributed by atoms with Crippen LogP contribution in [0.25, 0.3) is 22.4 Å². The summed E-state index contributed by atoms with van der Waals surface area (Å²) in [5.74, 6) is 2.66. The lowest BCUT2D eigenvalue weighted by molar-refractivity contribution is -0.121. The molecule has 2 heterocycles. The number of imidazole rings is 1. The van der Waals surface area contributed by atoms with Gasteiger partial charge in [0.25, 0.3) is 0 Å². The highest BCUT2D eigenvalue weighted by molar-refractivity contribution is 5.77. The molecule has 0 atom stereocenters. The van der Waals surface area contributed by atoms with E-state index in [2.05, 4.69) is 31.2 Å². The van der Waals surface area contributed by atoms with Gasteiger partial charge in [0.2, 0.25) is 11.8 Å². The molecule has 0 radical (unpaired) electrons. The van der Waals surface area contributed by atoms with Crippen molar-refractivity contribution in [3.8, 4) is 11.4 Å². The van der Waals surface area contributed by atoms with Crippen molar-refractivity contribution in [1.82, 2.24) is 30.6 Å². The smallest absolute Gasteiger partial charge is 0.220 e. The lowest BCUT2D eigenvalue weighted by Gasteiger charge is -2.16. The van der Waals surface area contributed by atoms with Crippen molar-refractivity contribution in [2.45, 2.75) is 26.7 Å². The molecule has 0 fully saturated rings. The number of H-pyrrole nitrogens is 1. The van der Waals surface area contributed by atoms with Gasteiger partial charge in [0.15, 0.2) is 5.82 Å². The molecule has 0 saturated carbocycles. The van der Waals surface area contributed by atoms with E-state index in [1.165, 1.54) is 6.92 Å². The maximum absolute atomic E-state index is 12.4. The van der Waals surface area contributed by atoms with Crippen molar-refractivity contribution < 1.29 is 9.59 Å². The van der Waals surface area contributed by atoms with E-state index in [0.29, 0.717) is 56.5 Å². The fourth-order valence-electron chi connectivity index (χ4n) is 3.82. The van der Waals surface area contributed by atoms with Crippen molar-refractivity contribution >= 4 is 34.5 Å². The average Bonchev–Trinajstić information content (AvgIpc) is 3.33. The Hall–Kier alpha value is -4.47. The van der Waals surface area contributed by atoms with Crippen LogP contribution in [0.3, 0.4) is 0 Å². The number of rotatable bonds is 12. The fraction of sp³-hybridized carbons (Fsp3) is 0.296. The number of carbonyl (C=O) groups is 2. The number of aromatic nitrogens is 4. The van der Waals surface area contributed by atoms with Crippen LogP contribution in [0.1, 0.15) is 24.7 Å². The predicted octanol–water partition coefficient (Wildman–Crippen LogP) is 3.04. The highest BCUT2D eigenvalue weighted by Gasteiger charge is 2.12. The molecule has 0 unspecified atom stereocenters. The first kappa shape index (κ1) is 25.6. The zero-order chi connectivity index (χ0) is 26.0. The van der Waals surface area contributed by atoms with Gasteiger partial charge in [0, 0.05) is 57.1 Å². The second kappa shape index (κ2) is 12.5. The van der Waals surface area contributed by atoms with Gasteiger partial charge in [0.1, 0.15) is 17.5 Å². The number of amides is 2. The summed E-state index contributed by atoms with van der Waals surface area (Å²) in [6.07, 6.45) is 0.903. The average molecular weight is 501 g/mol. The number of nitrogens with zero attached hydrogens (tertiary/aromatic N) is 3. The van der Waals surface area contributed by atoms with Crippen molar-refractivity contribution in [2.75, 3.05) is 36.8 Å². The number of hydrogen-bond acceptors (Lipinski definition) is 7. The highest BCUT2D eigenvalue weighted by Crippen LogP contribution is 2.25. The Balaban J connectivity index is 1.32. The Morgan fingerprint density at radius 2 is 1.46 bits per heavy atom. The molecule has 10 heteroatoms. The largest absolute Gasteiger partial charge is 0.368 e. The molecule has 5 N–H and O–H groups in total. The van der Waals surface area contributed by atoms with Gasteiger partial charge in [0.05, 0.1) is 11.0 Å². The second-order valence-electron chi connectivity index (χ2n) is 8.62. The third-order valence-corrected chi connectivity index (χ3v) is 5.74. The van der Waals surface area contributed by atoms with Crippen molar-refractivity contribution in [3.05, 3.63) is 66.0 Å². The molecule has 2 aromatic heterocycles. The molecule has 2 amide bonds. The number of fused-ring (bicyclic) bond motifs is 1. The van der Waals surface area contributed by atoms with E-state index in [9.17, 15) is 9.59 Å². The van der Waals surface area contributed by atoms with Crippen LogP contribution in [-0.4, -0.2) is 57.9 Å². The first-order chi connectivity index (χ1) is 18.0. The monoisotopic (exact) mass is 500 g/mol. The standard InChI is InChI=1S/C27H32N8O2/c1-18-25(30-16-14-28-19(2)36)34-27(20-8-4-3-5-9-20)35-26(18)31-17-15-29-24(37)13-12-23-32-21-10-6-7-11-22(21)33-23/h3-11H,12-17H2,1-2H3,(H,28,36)(H,29,37)(H,32,33)(H2,30,31,34,35). The number of aryl methyl sites for hydroxylation is 1. The summed E-state index contributed by atoms with van der Waals surface area (Å²) in [5, 5.41) is 12.3. The number of anilines is 2. The van der Waals surface area contributed by atoms with Crippen LogP contribution < -0.4 is 21.3 Å². The van der Waals surface area contributed by atoms with Crippen LogP contribution in [0, 0.1) is 6.92 Å². The minimum Gasteiger partial charge on any atom is -0.368 e. The zero-order valence-corrected chi connectivity index (χ0v) is 21.1. The number of benzene rings is 2. The first-order valence-electron chi connectivity index (χ1n) is 12.4. The molecule has 0 aliphatic rings. The maximum atomic E-state index is 12.4. The Labute approximate surface area is 215 Å². The number of carbonyl (C=O) groups excluding carboxylic acids is 2. The third-order valence-electron chi connectivity index (χ3n) is 5.74. The van der Waals surface area contributed by atoms with Crippen LogP contribution in [0.5, 0.6) is 0 Å². The topological polar surface area (TPSA) is 137 Å². The van der Waals surface area contributed by atoms with E-state index < -0.39 is 0 Å². The first-order valence-corrected chi connectivity index (χ1v) is 12.4. The number of aromatic amines is 1. The minimum atomic E-state index is -0.0758. The van der Waals surface area contributed by atoms with Crippen LogP contribution in [0.2, 0.25) is 0 Å². The second-order valence-corrected chi connectivity index (χ2v) is 8.62. The maximum Gasteiger partial charge on any atom is 0.220 e. The molecule has 4 aromatic rings. The van der Waals surface area contributed by atoms with Gasteiger partial charge in [-0.25, -0.2) is 15.0 Å². The van der Waals surface area contributed by atoms with Gasteiger partial charge in [-0.3, -0.25) is 9.59 Å². The van der Waals surface area contributed by atoms with Crippen LogP contribution in [-0.2, 0) is 16.0 Å². The third kappa shape index (κ3) is 7.26. The van der Waals surface area contributed by atoms with Gasteiger partial charge in [-0.2, -0.15) is 0 Å². The normalized spacial score (nSPS) is 10.8. The van der Waals surface area contributed by atoms with Crippen molar-refractivity contribution in [2.24, 2.45) is 0 Å². The molecule has 0 aliphatic carbocycles. The molecular weight excluding hydrogens is 468 g/mol. The van der Waals surface area contributed by atoms with E-state index in [4.69, 9.17) is 9.97 Å².